The molecule has 0 spiro atoms. The SMILES string of the molecule is c1ccc(C2=NC(c3cc(-c4ccnc5c4sc4ccccc45)ccc3-c3cc4ccccc4c4ccccc34)=NC(c3ccccc3)N2)cc1. The first-order valence-corrected chi connectivity index (χ1v) is 18.0. The highest BCUT2D eigenvalue weighted by Gasteiger charge is 2.24. The molecule has 0 saturated heterocycles. The van der Waals surface area contributed by atoms with Crippen molar-refractivity contribution in [2.24, 2.45) is 9.98 Å². The van der Waals surface area contributed by atoms with Crippen molar-refractivity contribution in [2.45, 2.75) is 6.17 Å². The topological polar surface area (TPSA) is 49.6 Å². The Morgan fingerprint density at radius 3 is 2.06 bits per heavy atom. The summed E-state index contributed by atoms with van der Waals surface area (Å²) >= 11 is 1.79. The largest absolute Gasteiger partial charge is 0.344 e. The van der Waals surface area contributed by atoms with Gasteiger partial charge < -0.3 is 5.32 Å². The number of rotatable bonds is 5. The first kappa shape index (κ1) is 29.5. The van der Waals surface area contributed by atoms with E-state index in [4.69, 9.17) is 15.0 Å². The number of hydrogen-bond donors (Lipinski definition) is 1. The molecule has 5 heteroatoms. The number of nitrogens with zero attached hydrogens (tertiary/aromatic N) is 3. The molecule has 1 unspecified atom stereocenters. The molecule has 10 rings (SSSR count). The van der Waals surface area contributed by atoms with E-state index < -0.39 is 0 Å². The van der Waals surface area contributed by atoms with Crippen LogP contribution in [-0.2, 0) is 0 Å². The van der Waals surface area contributed by atoms with E-state index in [1.54, 1.807) is 11.3 Å². The fourth-order valence-corrected chi connectivity index (χ4v) is 8.56. The lowest BCUT2D eigenvalue weighted by atomic mass is 9.89. The summed E-state index contributed by atoms with van der Waals surface area (Å²) in [7, 11) is 0. The number of aliphatic imine (C=N–C) groups is 2. The number of pyridine rings is 1. The van der Waals surface area contributed by atoms with Gasteiger partial charge in [-0.15, -0.1) is 11.3 Å². The fraction of sp³-hybridized carbons (Fsp3) is 0.0217. The highest BCUT2D eigenvalue weighted by atomic mass is 32.1. The molecule has 1 aliphatic rings. The van der Waals surface area contributed by atoms with Crippen molar-refractivity contribution < 1.29 is 0 Å². The average molecular weight is 671 g/mol. The summed E-state index contributed by atoms with van der Waals surface area (Å²) < 4.78 is 2.41. The molecule has 3 heterocycles. The highest BCUT2D eigenvalue weighted by molar-refractivity contribution is 7.26. The number of fused-ring (bicyclic) bond motifs is 6. The standard InChI is InChI=1S/C46H30N4S/c1-3-13-29(14-4-1)44-48-45(30-15-5-2-6-16-30)50-46(49-44)40-28-32(34-25-26-47-42-38-21-11-12-22-41(38)51-43(34)42)23-24-37(40)39-27-31-17-7-8-18-33(31)35-19-9-10-20-36(35)39/h1-28,44H,(H,48,49,50). The normalized spacial score (nSPS) is 14.5. The third-order valence-electron chi connectivity index (χ3n) is 9.79. The van der Waals surface area contributed by atoms with Crippen LogP contribution in [0.25, 0.3) is 64.1 Å². The van der Waals surface area contributed by atoms with Gasteiger partial charge in [-0.3, -0.25) is 4.98 Å². The predicted molar refractivity (Wildman–Crippen MR) is 215 cm³/mol. The zero-order chi connectivity index (χ0) is 33.7. The number of nitrogens with one attached hydrogen (secondary N) is 1. The summed E-state index contributed by atoms with van der Waals surface area (Å²) in [4.78, 5) is 15.5. The molecule has 0 radical (unpaired) electrons. The number of benzene rings is 7. The van der Waals surface area contributed by atoms with Gasteiger partial charge in [0, 0.05) is 33.0 Å². The van der Waals surface area contributed by atoms with E-state index in [2.05, 4.69) is 157 Å². The molecule has 4 nitrogen and oxygen atoms in total. The quantitative estimate of drug-likeness (QED) is 0.185. The number of amidine groups is 2. The summed E-state index contributed by atoms with van der Waals surface area (Å²) in [5.41, 5.74) is 8.61. The van der Waals surface area contributed by atoms with E-state index in [9.17, 15) is 0 Å². The average Bonchev–Trinajstić information content (AvgIpc) is 3.60. The lowest BCUT2D eigenvalue weighted by molar-refractivity contribution is 0.674. The van der Waals surface area contributed by atoms with Crippen molar-refractivity contribution in [1.82, 2.24) is 10.3 Å². The maximum atomic E-state index is 5.37. The lowest BCUT2D eigenvalue weighted by Gasteiger charge is -2.25. The Labute approximate surface area is 299 Å². The van der Waals surface area contributed by atoms with Gasteiger partial charge in [0.1, 0.15) is 12.0 Å². The van der Waals surface area contributed by atoms with Gasteiger partial charge in [0.05, 0.1) is 10.2 Å². The molecule has 1 N–H and O–H groups in total. The minimum atomic E-state index is -0.311. The summed E-state index contributed by atoms with van der Waals surface area (Å²) in [5.74, 6) is 1.49. The molecule has 1 aliphatic heterocycles. The molecule has 9 aromatic rings. The Bertz CT molecular complexity index is 2840. The van der Waals surface area contributed by atoms with Crippen LogP contribution in [0.4, 0.5) is 0 Å². The van der Waals surface area contributed by atoms with Crippen molar-refractivity contribution in [2.75, 3.05) is 0 Å². The third kappa shape index (κ3) is 5.09. The van der Waals surface area contributed by atoms with Gasteiger partial charge >= 0.3 is 0 Å². The van der Waals surface area contributed by atoms with Crippen molar-refractivity contribution in [3.05, 3.63) is 187 Å². The maximum absolute atomic E-state index is 5.37. The highest BCUT2D eigenvalue weighted by Crippen LogP contribution is 2.42. The van der Waals surface area contributed by atoms with Gasteiger partial charge in [-0.25, -0.2) is 9.98 Å². The number of hydrogen-bond acceptors (Lipinski definition) is 5. The Balaban J connectivity index is 1.26. The molecule has 0 amide bonds. The molecule has 240 valence electrons. The van der Waals surface area contributed by atoms with Crippen LogP contribution in [0.1, 0.15) is 22.9 Å². The smallest absolute Gasteiger partial charge is 0.160 e. The molecule has 7 aromatic carbocycles. The molecule has 2 aromatic heterocycles. The van der Waals surface area contributed by atoms with Crippen LogP contribution in [0.3, 0.4) is 0 Å². The van der Waals surface area contributed by atoms with E-state index in [1.807, 2.05) is 18.3 Å². The fourth-order valence-electron chi connectivity index (χ4n) is 7.36. The summed E-state index contributed by atoms with van der Waals surface area (Å²) in [5, 5.41) is 9.69. The van der Waals surface area contributed by atoms with Gasteiger partial charge in [0.25, 0.3) is 0 Å². The van der Waals surface area contributed by atoms with Gasteiger partial charge in [-0.1, -0.05) is 140 Å². The molecule has 1 atom stereocenters. The lowest BCUT2D eigenvalue weighted by Crippen LogP contribution is -2.33. The maximum Gasteiger partial charge on any atom is 0.160 e. The van der Waals surface area contributed by atoms with E-state index >= 15 is 0 Å². The van der Waals surface area contributed by atoms with Crippen LogP contribution in [0, 0.1) is 0 Å². The van der Waals surface area contributed by atoms with Crippen molar-refractivity contribution in [1.29, 1.82) is 0 Å². The summed E-state index contributed by atoms with van der Waals surface area (Å²) in [6, 6.07) is 57.9. The third-order valence-corrected chi connectivity index (χ3v) is 11.0. The van der Waals surface area contributed by atoms with Gasteiger partial charge in [-0.2, -0.15) is 0 Å². The first-order valence-electron chi connectivity index (χ1n) is 17.1. The zero-order valence-corrected chi connectivity index (χ0v) is 28.3. The molecule has 51 heavy (non-hydrogen) atoms. The molecule has 0 fully saturated rings. The monoisotopic (exact) mass is 670 g/mol. The van der Waals surface area contributed by atoms with Crippen molar-refractivity contribution >= 4 is 64.9 Å². The predicted octanol–water partition coefficient (Wildman–Crippen LogP) is 11.6. The minimum absolute atomic E-state index is 0.311. The summed E-state index contributed by atoms with van der Waals surface area (Å²) in [6.07, 6.45) is 1.62. The van der Waals surface area contributed by atoms with Crippen molar-refractivity contribution in [3.8, 4) is 22.3 Å². The molecule has 0 bridgehead atoms. The molecule has 0 saturated carbocycles. The molecular weight excluding hydrogens is 641 g/mol. The van der Waals surface area contributed by atoms with Gasteiger partial charge in [-0.05, 0) is 68.1 Å². The second-order valence-corrected chi connectivity index (χ2v) is 13.9. The van der Waals surface area contributed by atoms with Crippen LogP contribution in [-0.4, -0.2) is 16.7 Å². The number of aromatic nitrogens is 1. The van der Waals surface area contributed by atoms with Gasteiger partial charge in [0.15, 0.2) is 5.84 Å². The second kappa shape index (κ2) is 12.2. The first-order chi connectivity index (χ1) is 25.3. The van der Waals surface area contributed by atoms with Crippen LogP contribution in [0.5, 0.6) is 0 Å². The van der Waals surface area contributed by atoms with Crippen LogP contribution in [0.15, 0.2) is 180 Å². The summed E-state index contributed by atoms with van der Waals surface area (Å²) in [6.45, 7) is 0. The Morgan fingerprint density at radius 1 is 0.510 bits per heavy atom. The Hall–Kier alpha value is -6.43. The molecule has 0 aliphatic carbocycles. The van der Waals surface area contributed by atoms with E-state index in [0.717, 1.165) is 50.3 Å². The van der Waals surface area contributed by atoms with Crippen LogP contribution >= 0.6 is 11.3 Å². The Kier molecular flexibility index (Phi) is 7.03. The van der Waals surface area contributed by atoms with Crippen LogP contribution in [0.2, 0.25) is 0 Å². The second-order valence-electron chi connectivity index (χ2n) is 12.8. The van der Waals surface area contributed by atoms with E-state index in [1.165, 1.54) is 36.3 Å². The Morgan fingerprint density at radius 2 is 1.22 bits per heavy atom. The van der Waals surface area contributed by atoms with Gasteiger partial charge in [0.2, 0.25) is 0 Å². The zero-order valence-electron chi connectivity index (χ0n) is 27.5. The van der Waals surface area contributed by atoms with Crippen molar-refractivity contribution in [3.63, 3.8) is 0 Å². The molecular formula is C46H30N4S. The van der Waals surface area contributed by atoms with E-state index in [-0.39, 0.29) is 6.17 Å². The minimum Gasteiger partial charge on any atom is -0.344 e. The van der Waals surface area contributed by atoms with Crippen LogP contribution < -0.4 is 5.32 Å². The van der Waals surface area contributed by atoms with E-state index in [0.29, 0.717) is 5.84 Å². The number of thiophene rings is 1.